The summed E-state index contributed by atoms with van der Waals surface area (Å²) in [4.78, 5) is 13.7. The predicted octanol–water partition coefficient (Wildman–Crippen LogP) is 5.79. The summed E-state index contributed by atoms with van der Waals surface area (Å²) in [5.41, 5.74) is 2.19. The summed E-state index contributed by atoms with van der Waals surface area (Å²) in [6.45, 7) is 1.93. The molecule has 1 amide bonds. The average Bonchev–Trinajstić information content (AvgIpc) is 3.51. The number of nitrogens with one attached hydrogen (secondary N) is 1. The Kier molecular flexibility index (Phi) is 5.76. The summed E-state index contributed by atoms with van der Waals surface area (Å²) in [5, 5.41) is 2.79. The summed E-state index contributed by atoms with van der Waals surface area (Å²) < 4.78 is 48.1. The fourth-order valence-electron chi connectivity index (χ4n) is 4.33. The van der Waals surface area contributed by atoms with Crippen molar-refractivity contribution in [1.82, 2.24) is 4.31 Å². The zero-order chi connectivity index (χ0) is 25.0. The molecule has 3 aromatic rings. The number of hydrogen-bond acceptors (Lipinski definition) is 6. The standard InChI is InChI=1S/C26H27FN2O5S/c1-16-11-21(27)22(14-20(16)17-5-4-6-19(12-17)35(31,32)29(2)3)28-25(30)26(9-10-26)18-7-8-23-24(13-18)34-15-33-23/h4-8,11-14,31-32H,9-10,15H2,1-3H3,(H,28,30). The number of hydrogen-bond donors (Lipinski definition) is 3. The molecule has 0 unspecified atom stereocenters. The highest BCUT2D eigenvalue weighted by atomic mass is 32.3. The number of amides is 1. The lowest BCUT2D eigenvalue weighted by Gasteiger charge is -2.38. The smallest absolute Gasteiger partial charge is 0.235 e. The number of benzene rings is 3. The molecule has 0 saturated heterocycles. The van der Waals surface area contributed by atoms with Gasteiger partial charge in [0.25, 0.3) is 0 Å². The van der Waals surface area contributed by atoms with Crippen LogP contribution in [0.2, 0.25) is 0 Å². The fraction of sp³-hybridized carbons (Fsp3) is 0.269. The Morgan fingerprint density at radius 1 is 1.06 bits per heavy atom. The number of aryl methyl sites for hydroxylation is 1. The lowest BCUT2D eigenvalue weighted by molar-refractivity contribution is -0.118. The van der Waals surface area contributed by atoms with Crippen LogP contribution in [-0.4, -0.2) is 40.2 Å². The van der Waals surface area contributed by atoms with Gasteiger partial charge in [-0.05, 0) is 78.4 Å². The maximum Gasteiger partial charge on any atom is 0.235 e. The molecule has 2 aliphatic rings. The number of carbonyl (C=O) groups is 1. The van der Waals surface area contributed by atoms with E-state index in [1.54, 1.807) is 51.4 Å². The Morgan fingerprint density at radius 3 is 2.51 bits per heavy atom. The molecule has 0 spiro atoms. The SMILES string of the molecule is Cc1cc(F)c(NC(=O)C2(c3ccc4c(c3)OCO4)CC2)cc1-c1cccc(S(O)(O)N(C)C)c1. The van der Waals surface area contributed by atoms with Gasteiger partial charge in [-0.2, -0.15) is 0 Å². The minimum atomic E-state index is -3.13. The van der Waals surface area contributed by atoms with E-state index in [0.717, 1.165) is 5.56 Å². The van der Waals surface area contributed by atoms with Crippen LogP contribution < -0.4 is 14.8 Å². The molecule has 1 aliphatic carbocycles. The third kappa shape index (κ3) is 4.14. The lowest BCUT2D eigenvalue weighted by Crippen LogP contribution is -2.28. The first-order chi connectivity index (χ1) is 16.6. The van der Waals surface area contributed by atoms with E-state index >= 15 is 0 Å². The highest BCUT2D eigenvalue weighted by molar-refractivity contribution is 8.22. The number of rotatable bonds is 6. The Balaban J connectivity index is 1.45. The van der Waals surface area contributed by atoms with E-state index in [1.807, 2.05) is 18.2 Å². The van der Waals surface area contributed by atoms with E-state index in [2.05, 4.69) is 5.32 Å². The van der Waals surface area contributed by atoms with Crippen molar-refractivity contribution < 1.29 is 27.8 Å². The van der Waals surface area contributed by atoms with Gasteiger partial charge in [0, 0.05) is 14.1 Å². The van der Waals surface area contributed by atoms with Crippen LogP contribution >= 0.6 is 10.8 Å². The third-order valence-electron chi connectivity index (χ3n) is 6.64. The second-order valence-corrected chi connectivity index (χ2v) is 11.3. The van der Waals surface area contributed by atoms with Crippen LogP contribution in [0.3, 0.4) is 0 Å². The summed E-state index contributed by atoms with van der Waals surface area (Å²) in [7, 11) is 0.0465. The van der Waals surface area contributed by atoms with Crippen LogP contribution in [0.5, 0.6) is 11.5 Å². The predicted molar refractivity (Wildman–Crippen MR) is 133 cm³/mol. The molecule has 1 aliphatic heterocycles. The van der Waals surface area contributed by atoms with Crippen molar-refractivity contribution in [2.24, 2.45) is 0 Å². The Morgan fingerprint density at radius 2 is 1.80 bits per heavy atom. The zero-order valence-corrected chi connectivity index (χ0v) is 20.5. The number of halogens is 1. The van der Waals surface area contributed by atoms with Gasteiger partial charge < -0.3 is 14.8 Å². The van der Waals surface area contributed by atoms with Crippen LogP contribution in [0.1, 0.15) is 24.0 Å². The average molecular weight is 499 g/mol. The maximum absolute atomic E-state index is 14.9. The van der Waals surface area contributed by atoms with Gasteiger partial charge in [-0.15, -0.1) is 10.8 Å². The molecule has 35 heavy (non-hydrogen) atoms. The number of ether oxygens (including phenoxy) is 2. The lowest BCUT2D eigenvalue weighted by atomic mass is 9.94. The van der Waals surface area contributed by atoms with Gasteiger partial charge >= 0.3 is 0 Å². The van der Waals surface area contributed by atoms with Gasteiger partial charge in [-0.3, -0.25) is 13.9 Å². The molecule has 1 fully saturated rings. The van der Waals surface area contributed by atoms with E-state index < -0.39 is 22.0 Å². The Bertz CT molecular complexity index is 1320. The maximum atomic E-state index is 14.9. The molecule has 0 aromatic heterocycles. The minimum Gasteiger partial charge on any atom is -0.454 e. The first kappa shape index (κ1) is 23.6. The molecule has 1 saturated carbocycles. The molecule has 184 valence electrons. The van der Waals surface area contributed by atoms with Crippen LogP contribution in [-0.2, 0) is 10.2 Å². The topological polar surface area (TPSA) is 91.3 Å². The van der Waals surface area contributed by atoms with Gasteiger partial charge in [0.2, 0.25) is 12.7 Å². The van der Waals surface area contributed by atoms with E-state index in [4.69, 9.17) is 9.47 Å². The zero-order valence-electron chi connectivity index (χ0n) is 19.7. The van der Waals surface area contributed by atoms with E-state index in [0.29, 0.717) is 45.9 Å². The highest BCUT2D eigenvalue weighted by Gasteiger charge is 2.51. The normalized spacial score (nSPS) is 16.3. The first-order valence-corrected chi connectivity index (χ1v) is 12.7. The Labute approximate surface area is 205 Å². The number of carbonyl (C=O) groups excluding carboxylic acids is 1. The van der Waals surface area contributed by atoms with Crippen LogP contribution in [0.15, 0.2) is 59.5 Å². The first-order valence-electron chi connectivity index (χ1n) is 11.2. The van der Waals surface area contributed by atoms with Gasteiger partial charge in [-0.25, -0.2) is 8.70 Å². The summed E-state index contributed by atoms with van der Waals surface area (Å²) in [6, 6.07) is 15.3. The van der Waals surface area contributed by atoms with Crippen molar-refractivity contribution in [2.75, 3.05) is 26.2 Å². The van der Waals surface area contributed by atoms with Crippen molar-refractivity contribution in [3.05, 3.63) is 71.5 Å². The second kappa shape index (κ2) is 8.53. The molecule has 0 radical (unpaired) electrons. The molecule has 3 N–H and O–H groups in total. The van der Waals surface area contributed by atoms with E-state index in [1.165, 1.54) is 10.4 Å². The monoisotopic (exact) mass is 498 g/mol. The number of fused-ring (bicyclic) bond motifs is 1. The second-order valence-electron chi connectivity index (χ2n) is 9.11. The fourth-order valence-corrected chi connectivity index (χ4v) is 5.30. The summed E-state index contributed by atoms with van der Waals surface area (Å²) >= 11 is 0. The van der Waals surface area contributed by atoms with Crippen molar-refractivity contribution in [2.45, 2.75) is 30.1 Å². The summed E-state index contributed by atoms with van der Waals surface area (Å²) in [6.07, 6.45) is 1.31. The van der Waals surface area contributed by atoms with Gasteiger partial charge in [0.05, 0.1) is 16.0 Å². The minimum absolute atomic E-state index is 0.0761. The van der Waals surface area contributed by atoms with Gasteiger partial charge in [-0.1, -0.05) is 18.2 Å². The largest absolute Gasteiger partial charge is 0.454 e. The molecular formula is C26H27FN2O5S. The van der Waals surface area contributed by atoms with Gasteiger partial charge in [0.15, 0.2) is 11.5 Å². The molecular weight excluding hydrogens is 471 g/mol. The van der Waals surface area contributed by atoms with Crippen LogP contribution in [0.4, 0.5) is 10.1 Å². The molecule has 0 bridgehead atoms. The van der Waals surface area contributed by atoms with Crippen molar-refractivity contribution in [3.63, 3.8) is 0 Å². The van der Waals surface area contributed by atoms with Crippen LogP contribution in [0, 0.1) is 12.7 Å². The molecule has 1 heterocycles. The van der Waals surface area contributed by atoms with Crippen molar-refractivity contribution in [3.8, 4) is 22.6 Å². The summed E-state index contributed by atoms with van der Waals surface area (Å²) in [5.74, 6) is 0.441. The van der Waals surface area contributed by atoms with Gasteiger partial charge in [0.1, 0.15) is 5.82 Å². The van der Waals surface area contributed by atoms with E-state index in [-0.39, 0.29) is 18.4 Å². The highest BCUT2D eigenvalue weighted by Crippen LogP contribution is 2.52. The molecule has 5 rings (SSSR count). The Hall–Kier alpha value is -3.11. The van der Waals surface area contributed by atoms with Crippen LogP contribution in [0.25, 0.3) is 11.1 Å². The third-order valence-corrected chi connectivity index (χ3v) is 8.55. The molecule has 7 nitrogen and oxygen atoms in total. The molecule has 3 aromatic carbocycles. The van der Waals surface area contributed by atoms with Crippen molar-refractivity contribution in [1.29, 1.82) is 0 Å². The number of anilines is 1. The van der Waals surface area contributed by atoms with Crippen molar-refractivity contribution >= 4 is 22.4 Å². The number of nitrogens with zero attached hydrogens (tertiary/aromatic N) is 1. The quantitative estimate of drug-likeness (QED) is 0.399. The molecule has 9 heteroatoms. The van der Waals surface area contributed by atoms with E-state index in [9.17, 15) is 18.3 Å². The molecule has 0 atom stereocenters.